The fraction of sp³-hybridized carbons (Fsp3) is 0.360. The molecule has 3 rings (SSSR count). The van der Waals surface area contributed by atoms with Crippen LogP contribution in [0.1, 0.15) is 30.0 Å². The summed E-state index contributed by atoms with van der Waals surface area (Å²) in [6, 6.07) is 18.5. The summed E-state index contributed by atoms with van der Waals surface area (Å²) in [5.74, 6) is 0. The van der Waals surface area contributed by atoms with Crippen molar-refractivity contribution < 1.29 is 4.74 Å². The van der Waals surface area contributed by atoms with Crippen LogP contribution in [0.25, 0.3) is 10.9 Å². The number of nitrogens with one attached hydrogen (secondary N) is 2. The van der Waals surface area contributed by atoms with E-state index in [2.05, 4.69) is 46.4 Å². The standard InChI is InChI=1S/C25H31N3O2S/c1-3-19-10-11-23-21(16-19)17-22(24(29)27-23)18-28(25(31)26-13-7-15-30-2)14-12-20-8-5-4-6-9-20/h4-6,8-11,16-17H,3,7,12-15,18H2,1-2H3,(H,26,31)(H,27,29). The molecule has 0 radical (unpaired) electrons. The summed E-state index contributed by atoms with van der Waals surface area (Å²) in [6.45, 7) is 4.75. The fourth-order valence-corrected chi connectivity index (χ4v) is 3.79. The average molecular weight is 438 g/mol. The SMILES string of the molecule is CCc1ccc2[nH]c(=O)c(CN(CCc3ccccc3)C(=S)NCCCOC)cc2c1. The molecule has 164 valence electrons. The Morgan fingerprint density at radius 2 is 1.94 bits per heavy atom. The summed E-state index contributed by atoms with van der Waals surface area (Å²) < 4.78 is 5.12. The minimum absolute atomic E-state index is 0.0661. The van der Waals surface area contributed by atoms with Crippen LogP contribution in [0.15, 0.2) is 59.4 Å². The third kappa shape index (κ3) is 6.64. The minimum atomic E-state index is -0.0661. The molecule has 0 spiro atoms. The van der Waals surface area contributed by atoms with Crippen LogP contribution in [0, 0.1) is 0 Å². The van der Waals surface area contributed by atoms with Crippen LogP contribution in [-0.2, 0) is 24.1 Å². The van der Waals surface area contributed by atoms with E-state index in [1.165, 1.54) is 11.1 Å². The Kier molecular flexibility index (Phi) is 8.62. The van der Waals surface area contributed by atoms with Crippen LogP contribution < -0.4 is 10.9 Å². The normalized spacial score (nSPS) is 10.9. The lowest BCUT2D eigenvalue weighted by molar-refractivity contribution is 0.195. The lowest BCUT2D eigenvalue weighted by atomic mass is 10.1. The molecular weight excluding hydrogens is 406 g/mol. The second-order valence-corrected chi connectivity index (χ2v) is 8.02. The molecule has 5 nitrogen and oxygen atoms in total. The largest absolute Gasteiger partial charge is 0.385 e. The lowest BCUT2D eigenvalue weighted by Crippen LogP contribution is -2.42. The summed E-state index contributed by atoms with van der Waals surface area (Å²) in [5, 5.41) is 5.03. The first-order valence-corrected chi connectivity index (χ1v) is 11.2. The van der Waals surface area contributed by atoms with Gasteiger partial charge in [-0.05, 0) is 66.2 Å². The number of methoxy groups -OCH3 is 1. The van der Waals surface area contributed by atoms with Crippen molar-refractivity contribution in [1.82, 2.24) is 15.2 Å². The van der Waals surface area contributed by atoms with Crippen molar-refractivity contribution in [2.75, 3.05) is 26.8 Å². The number of aryl methyl sites for hydroxylation is 1. The Morgan fingerprint density at radius 3 is 2.68 bits per heavy atom. The van der Waals surface area contributed by atoms with E-state index in [0.717, 1.165) is 48.8 Å². The Bertz CT molecular complexity index is 1050. The minimum Gasteiger partial charge on any atom is -0.385 e. The molecular formula is C25H31N3O2S. The third-order valence-corrected chi connectivity index (χ3v) is 5.76. The molecule has 0 amide bonds. The van der Waals surface area contributed by atoms with Crippen LogP contribution in [-0.4, -0.2) is 41.8 Å². The maximum atomic E-state index is 12.8. The highest BCUT2D eigenvalue weighted by atomic mass is 32.1. The molecule has 0 aliphatic heterocycles. The second kappa shape index (κ2) is 11.6. The summed E-state index contributed by atoms with van der Waals surface area (Å²) in [4.78, 5) is 17.9. The zero-order valence-electron chi connectivity index (χ0n) is 18.3. The molecule has 31 heavy (non-hydrogen) atoms. The van der Waals surface area contributed by atoms with Crippen molar-refractivity contribution in [3.05, 3.63) is 81.6 Å². The van der Waals surface area contributed by atoms with E-state index >= 15 is 0 Å². The maximum absolute atomic E-state index is 12.8. The predicted octanol–water partition coefficient (Wildman–Crippen LogP) is 4.05. The number of ether oxygens (including phenoxy) is 1. The molecule has 0 aliphatic carbocycles. The number of fused-ring (bicyclic) bond motifs is 1. The predicted molar refractivity (Wildman–Crippen MR) is 132 cm³/mol. The first-order chi connectivity index (χ1) is 15.1. The van der Waals surface area contributed by atoms with Crippen LogP contribution in [0.2, 0.25) is 0 Å². The molecule has 0 saturated heterocycles. The number of aromatic nitrogens is 1. The molecule has 0 atom stereocenters. The zero-order chi connectivity index (χ0) is 22.1. The van der Waals surface area contributed by atoms with Gasteiger partial charge >= 0.3 is 0 Å². The van der Waals surface area contributed by atoms with Crippen molar-refractivity contribution >= 4 is 28.2 Å². The van der Waals surface area contributed by atoms with E-state index in [-0.39, 0.29) is 5.56 Å². The van der Waals surface area contributed by atoms with Crippen LogP contribution in [0.5, 0.6) is 0 Å². The lowest BCUT2D eigenvalue weighted by Gasteiger charge is -2.26. The topological polar surface area (TPSA) is 57.4 Å². The molecule has 1 heterocycles. The summed E-state index contributed by atoms with van der Waals surface area (Å²) in [7, 11) is 1.69. The number of H-pyrrole nitrogens is 1. The number of benzene rings is 2. The number of pyridine rings is 1. The molecule has 6 heteroatoms. The van der Waals surface area contributed by atoms with Crippen molar-refractivity contribution in [3.63, 3.8) is 0 Å². The first-order valence-electron chi connectivity index (χ1n) is 10.8. The summed E-state index contributed by atoms with van der Waals surface area (Å²) in [6.07, 6.45) is 2.69. The molecule has 0 aliphatic rings. The summed E-state index contributed by atoms with van der Waals surface area (Å²) in [5.41, 5.74) is 4.01. The van der Waals surface area contributed by atoms with Gasteiger partial charge < -0.3 is 19.9 Å². The van der Waals surface area contributed by atoms with Gasteiger partial charge in [-0.15, -0.1) is 0 Å². The molecule has 0 fully saturated rings. The number of rotatable bonds is 10. The van der Waals surface area contributed by atoms with Gasteiger partial charge in [0.15, 0.2) is 5.11 Å². The Balaban J connectivity index is 1.79. The quantitative estimate of drug-likeness (QED) is 0.370. The van der Waals surface area contributed by atoms with E-state index in [4.69, 9.17) is 17.0 Å². The monoisotopic (exact) mass is 437 g/mol. The number of nitrogens with zero attached hydrogens (tertiary/aromatic N) is 1. The van der Waals surface area contributed by atoms with Crippen molar-refractivity contribution in [2.24, 2.45) is 0 Å². The second-order valence-electron chi connectivity index (χ2n) is 7.63. The molecule has 0 saturated carbocycles. The molecule has 1 aromatic heterocycles. The fourth-order valence-electron chi connectivity index (χ4n) is 3.53. The van der Waals surface area contributed by atoms with Gasteiger partial charge in [0.1, 0.15) is 0 Å². The van der Waals surface area contributed by atoms with Gasteiger partial charge in [0.25, 0.3) is 5.56 Å². The van der Waals surface area contributed by atoms with E-state index in [0.29, 0.717) is 18.3 Å². The van der Waals surface area contributed by atoms with Crippen molar-refractivity contribution in [1.29, 1.82) is 0 Å². The van der Waals surface area contributed by atoms with Crippen molar-refractivity contribution in [3.8, 4) is 0 Å². The Morgan fingerprint density at radius 1 is 1.13 bits per heavy atom. The number of aromatic amines is 1. The van der Waals surface area contributed by atoms with Crippen molar-refractivity contribution in [2.45, 2.75) is 32.7 Å². The molecule has 2 aromatic carbocycles. The highest BCUT2D eigenvalue weighted by molar-refractivity contribution is 7.80. The number of thiocarbonyl (C=S) groups is 1. The summed E-state index contributed by atoms with van der Waals surface area (Å²) >= 11 is 5.68. The van der Waals surface area contributed by atoms with E-state index in [1.807, 2.05) is 30.3 Å². The molecule has 0 bridgehead atoms. The van der Waals surface area contributed by atoms with Gasteiger partial charge in [0, 0.05) is 37.9 Å². The van der Waals surface area contributed by atoms with Gasteiger partial charge in [-0.2, -0.15) is 0 Å². The first kappa shape index (κ1) is 23.0. The average Bonchev–Trinajstić information content (AvgIpc) is 2.80. The highest BCUT2D eigenvalue weighted by Crippen LogP contribution is 2.15. The van der Waals surface area contributed by atoms with Gasteiger partial charge in [-0.25, -0.2) is 0 Å². The molecule has 3 aromatic rings. The van der Waals surface area contributed by atoms with E-state index in [9.17, 15) is 4.79 Å². The van der Waals surface area contributed by atoms with E-state index < -0.39 is 0 Å². The third-order valence-electron chi connectivity index (χ3n) is 5.36. The van der Waals surface area contributed by atoms with Gasteiger partial charge in [0.05, 0.1) is 6.54 Å². The smallest absolute Gasteiger partial charge is 0.253 e. The van der Waals surface area contributed by atoms with Crippen LogP contribution in [0.4, 0.5) is 0 Å². The van der Waals surface area contributed by atoms with Gasteiger partial charge in [0.2, 0.25) is 0 Å². The molecule has 2 N–H and O–H groups in total. The van der Waals surface area contributed by atoms with Gasteiger partial charge in [-0.1, -0.05) is 43.3 Å². The maximum Gasteiger partial charge on any atom is 0.253 e. The number of hydrogen-bond donors (Lipinski definition) is 2. The van der Waals surface area contributed by atoms with Gasteiger partial charge in [-0.3, -0.25) is 4.79 Å². The highest BCUT2D eigenvalue weighted by Gasteiger charge is 2.13. The number of hydrogen-bond acceptors (Lipinski definition) is 3. The molecule has 0 unspecified atom stereocenters. The van der Waals surface area contributed by atoms with Crippen LogP contribution >= 0.6 is 12.2 Å². The Hall–Kier alpha value is -2.70. The Labute approximate surface area is 189 Å². The van der Waals surface area contributed by atoms with Crippen LogP contribution in [0.3, 0.4) is 0 Å². The van der Waals surface area contributed by atoms with E-state index in [1.54, 1.807) is 7.11 Å². The zero-order valence-corrected chi connectivity index (χ0v) is 19.1.